The van der Waals surface area contributed by atoms with Gasteiger partial charge in [-0.1, -0.05) is 0 Å². The summed E-state index contributed by atoms with van der Waals surface area (Å²) in [5.74, 6) is 0. The fourth-order valence-corrected chi connectivity index (χ4v) is 1.74. The van der Waals surface area contributed by atoms with Gasteiger partial charge in [-0.3, -0.25) is 0 Å². The molecule has 0 saturated carbocycles. The first-order valence-electron chi connectivity index (χ1n) is 4.70. The van der Waals surface area contributed by atoms with Gasteiger partial charge < -0.3 is 19.9 Å². The van der Waals surface area contributed by atoms with Gasteiger partial charge in [0.25, 0.3) is 0 Å². The fourth-order valence-electron chi connectivity index (χ4n) is 1.74. The number of methoxy groups -OCH3 is 2. The van der Waals surface area contributed by atoms with Gasteiger partial charge in [0.2, 0.25) is 0 Å². The van der Waals surface area contributed by atoms with Crippen molar-refractivity contribution in [3.8, 4) is 0 Å². The Morgan fingerprint density at radius 1 is 1.23 bits per heavy atom. The number of aliphatic hydroxyl groups is 1. The lowest BCUT2D eigenvalue weighted by atomic mass is 9.96. The maximum absolute atomic E-state index is 9.60. The molecule has 1 aliphatic heterocycles. The van der Waals surface area contributed by atoms with Crippen LogP contribution in [0.25, 0.3) is 0 Å². The van der Waals surface area contributed by atoms with Gasteiger partial charge in [-0.05, 0) is 12.8 Å². The molecule has 1 fully saturated rings. The van der Waals surface area contributed by atoms with E-state index in [1.54, 1.807) is 14.2 Å². The highest BCUT2D eigenvalue weighted by atomic mass is 16.5. The molecule has 0 radical (unpaired) electrons. The van der Waals surface area contributed by atoms with Crippen LogP contribution in [-0.4, -0.2) is 50.7 Å². The molecule has 78 valence electrons. The Balaban J connectivity index is 2.33. The predicted molar refractivity (Wildman–Crippen MR) is 49.7 cm³/mol. The zero-order valence-electron chi connectivity index (χ0n) is 8.32. The molecule has 4 heteroatoms. The molecule has 3 unspecified atom stereocenters. The summed E-state index contributed by atoms with van der Waals surface area (Å²) < 4.78 is 10.1. The van der Waals surface area contributed by atoms with Crippen molar-refractivity contribution in [2.45, 2.75) is 31.0 Å². The van der Waals surface area contributed by atoms with E-state index < -0.39 is 0 Å². The summed E-state index contributed by atoms with van der Waals surface area (Å²) >= 11 is 0. The largest absolute Gasteiger partial charge is 0.391 e. The van der Waals surface area contributed by atoms with E-state index >= 15 is 0 Å². The number of rotatable bonds is 4. The number of ether oxygens (including phenoxy) is 2. The first-order valence-corrected chi connectivity index (χ1v) is 4.70. The quantitative estimate of drug-likeness (QED) is 0.641. The number of hydrogen-bond donors (Lipinski definition) is 2. The van der Waals surface area contributed by atoms with Gasteiger partial charge in [-0.15, -0.1) is 0 Å². The van der Waals surface area contributed by atoms with Crippen molar-refractivity contribution in [1.82, 2.24) is 5.32 Å². The molecule has 0 bridgehead atoms. The molecule has 1 saturated heterocycles. The molecule has 0 amide bonds. The first-order chi connectivity index (χ1) is 6.27. The van der Waals surface area contributed by atoms with Crippen LogP contribution in [0.1, 0.15) is 12.8 Å². The first kappa shape index (κ1) is 10.9. The summed E-state index contributed by atoms with van der Waals surface area (Å²) in [5.41, 5.74) is 0. The SMILES string of the molecule is COCC1CCC(O)C(COC)N1. The van der Waals surface area contributed by atoms with Crippen LogP contribution in [0.5, 0.6) is 0 Å². The van der Waals surface area contributed by atoms with E-state index in [9.17, 15) is 5.11 Å². The molecule has 0 spiro atoms. The van der Waals surface area contributed by atoms with Crippen molar-refractivity contribution in [1.29, 1.82) is 0 Å². The van der Waals surface area contributed by atoms with Crippen LogP contribution in [0, 0.1) is 0 Å². The van der Waals surface area contributed by atoms with Crippen LogP contribution in [0.15, 0.2) is 0 Å². The summed E-state index contributed by atoms with van der Waals surface area (Å²) in [5, 5.41) is 12.9. The lowest BCUT2D eigenvalue weighted by molar-refractivity contribution is 0.0222. The molecule has 1 heterocycles. The number of aliphatic hydroxyl groups excluding tert-OH is 1. The van der Waals surface area contributed by atoms with Gasteiger partial charge in [-0.2, -0.15) is 0 Å². The fraction of sp³-hybridized carbons (Fsp3) is 1.00. The second kappa shape index (κ2) is 5.54. The minimum Gasteiger partial charge on any atom is -0.391 e. The Labute approximate surface area is 79.2 Å². The highest BCUT2D eigenvalue weighted by Crippen LogP contribution is 2.13. The molecule has 0 aromatic rings. The molecule has 13 heavy (non-hydrogen) atoms. The van der Waals surface area contributed by atoms with E-state index in [2.05, 4.69) is 5.32 Å². The highest BCUT2D eigenvalue weighted by Gasteiger charge is 2.27. The second-order valence-corrected chi connectivity index (χ2v) is 3.53. The van der Waals surface area contributed by atoms with Crippen LogP contribution in [0.2, 0.25) is 0 Å². The van der Waals surface area contributed by atoms with E-state index in [0.29, 0.717) is 19.3 Å². The third-order valence-electron chi connectivity index (χ3n) is 2.44. The van der Waals surface area contributed by atoms with Crippen molar-refractivity contribution in [2.75, 3.05) is 27.4 Å². The molecular formula is C9H19NO3. The highest BCUT2D eigenvalue weighted by molar-refractivity contribution is 4.86. The minimum atomic E-state index is -0.284. The van der Waals surface area contributed by atoms with E-state index in [1.807, 2.05) is 0 Å². The lowest BCUT2D eigenvalue weighted by Gasteiger charge is -2.34. The molecule has 0 aliphatic carbocycles. The minimum absolute atomic E-state index is 0.0545. The van der Waals surface area contributed by atoms with Crippen LogP contribution >= 0.6 is 0 Å². The van der Waals surface area contributed by atoms with Crippen molar-refractivity contribution in [3.63, 3.8) is 0 Å². The maximum Gasteiger partial charge on any atom is 0.0716 e. The predicted octanol–water partition coefficient (Wildman–Crippen LogP) is -0.239. The van der Waals surface area contributed by atoms with E-state index in [4.69, 9.17) is 9.47 Å². The van der Waals surface area contributed by atoms with Gasteiger partial charge in [0, 0.05) is 20.3 Å². The van der Waals surface area contributed by atoms with E-state index in [0.717, 1.165) is 12.8 Å². The van der Waals surface area contributed by atoms with Gasteiger partial charge in [0.15, 0.2) is 0 Å². The average molecular weight is 189 g/mol. The summed E-state index contributed by atoms with van der Waals surface area (Å²) in [6, 6.07) is 0.410. The summed E-state index contributed by atoms with van der Waals surface area (Å²) in [6.45, 7) is 1.26. The van der Waals surface area contributed by atoms with Gasteiger partial charge in [-0.25, -0.2) is 0 Å². The summed E-state index contributed by atoms with van der Waals surface area (Å²) in [4.78, 5) is 0. The molecule has 0 aromatic heterocycles. The number of piperidine rings is 1. The monoisotopic (exact) mass is 189 g/mol. The van der Waals surface area contributed by atoms with Crippen molar-refractivity contribution in [3.05, 3.63) is 0 Å². The van der Waals surface area contributed by atoms with Crippen molar-refractivity contribution < 1.29 is 14.6 Å². The normalized spacial score (nSPS) is 34.8. The van der Waals surface area contributed by atoms with E-state index in [-0.39, 0.29) is 12.1 Å². The standard InChI is InChI=1S/C9H19NO3/c1-12-5-7-3-4-9(11)8(10-7)6-13-2/h7-11H,3-6H2,1-2H3. The van der Waals surface area contributed by atoms with E-state index in [1.165, 1.54) is 0 Å². The molecule has 1 rings (SSSR count). The zero-order valence-corrected chi connectivity index (χ0v) is 8.32. The molecule has 4 nitrogen and oxygen atoms in total. The van der Waals surface area contributed by atoms with Gasteiger partial charge in [0.1, 0.15) is 0 Å². The van der Waals surface area contributed by atoms with Crippen molar-refractivity contribution >= 4 is 0 Å². The Bertz CT molecular complexity index is 143. The maximum atomic E-state index is 9.60. The summed E-state index contributed by atoms with van der Waals surface area (Å²) in [7, 11) is 3.34. The molecular weight excluding hydrogens is 170 g/mol. The second-order valence-electron chi connectivity index (χ2n) is 3.53. The van der Waals surface area contributed by atoms with Crippen LogP contribution in [-0.2, 0) is 9.47 Å². The lowest BCUT2D eigenvalue weighted by Crippen LogP contribution is -2.53. The van der Waals surface area contributed by atoms with Crippen LogP contribution in [0.3, 0.4) is 0 Å². The Hall–Kier alpha value is -0.160. The Morgan fingerprint density at radius 2 is 1.92 bits per heavy atom. The molecule has 2 N–H and O–H groups in total. The van der Waals surface area contributed by atoms with Crippen LogP contribution < -0.4 is 5.32 Å². The zero-order chi connectivity index (χ0) is 9.68. The number of hydrogen-bond acceptors (Lipinski definition) is 4. The van der Waals surface area contributed by atoms with Gasteiger partial charge in [0.05, 0.1) is 25.4 Å². The topological polar surface area (TPSA) is 50.7 Å². The molecule has 0 aromatic carbocycles. The third-order valence-corrected chi connectivity index (χ3v) is 2.44. The van der Waals surface area contributed by atoms with Crippen molar-refractivity contribution in [2.24, 2.45) is 0 Å². The Morgan fingerprint density at radius 3 is 2.54 bits per heavy atom. The third kappa shape index (κ3) is 3.23. The van der Waals surface area contributed by atoms with Crippen LogP contribution in [0.4, 0.5) is 0 Å². The average Bonchev–Trinajstić information content (AvgIpc) is 2.12. The van der Waals surface area contributed by atoms with Gasteiger partial charge >= 0.3 is 0 Å². The smallest absolute Gasteiger partial charge is 0.0716 e. The number of nitrogens with one attached hydrogen (secondary N) is 1. The molecule has 1 aliphatic rings. The molecule has 3 atom stereocenters. The summed E-state index contributed by atoms with van der Waals surface area (Å²) in [6.07, 6.45) is 1.51. The Kier molecular flexibility index (Phi) is 4.66.